The van der Waals surface area contributed by atoms with Crippen molar-refractivity contribution < 1.29 is 37.4 Å². The van der Waals surface area contributed by atoms with Gasteiger partial charge in [0, 0.05) is 18.0 Å². The van der Waals surface area contributed by atoms with Crippen LogP contribution in [-0.4, -0.2) is 54.4 Å². The number of rotatable bonds is 3. The van der Waals surface area contributed by atoms with Crippen molar-refractivity contribution in [3.8, 4) is 0 Å². The van der Waals surface area contributed by atoms with Crippen molar-refractivity contribution in [3.63, 3.8) is 0 Å². The summed E-state index contributed by atoms with van der Waals surface area (Å²) in [5.41, 5.74) is 0.722. The molecule has 2 N–H and O–H groups in total. The number of carboxylic acid groups (broad SMARTS) is 1. The van der Waals surface area contributed by atoms with E-state index in [0.29, 0.717) is 5.56 Å². The molecular weight excluding hydrogens is 377 g/mol. The fraction of sp³-hybridized carbons (Fsp3) is 0.533. The van der Waals surface area contributed by atoms with Crippen molar-refractivity contribution in [3.05, 3.63) is 16.0 Å². The largest absolute Gasteiger partial charge is 0.481 e. The van der Waals surface area contributed by atoms with Crippen LogP contribution in [0.25, 0.3) is 0 Å². The van der Waals surface area contributed by atoms with Crippen LogP contribution in [0.5, 0.6) is 0 Å². The van der Waals surface area contributed by atoms with Gasteiger partial charge in [-0.25, -0.2) is 9.59 Å². The van der Waals surface area contributed by atoms with Crippen molar-refractivity contribution >= 4 is 34.3 Å². The van der Waals surface area contributed by atoms with Gasteiger partial charge in [0.05, 0.1) is 24.5 Å². The van der Waals surface area contributed by atoms with Gasteiger partial charge in [0.25, 0.3) is 0 Å². The summed E-state index contributed by atoms with van der Waals surface area (Å²) in [6.45, 7) is 2.05. The zero-order chi connectivity index (χ0) is 19.8. The van der Waals surface area contributed by atoms with Gasteiger partial charge in [-0.3, -0.25) is 10.1 Å². The van der Waals surface area contributed by atoms with Crippen LogP contribution >= 0.6 is 11.3 Å². The van der Waals surface area contributed by atoms with Gasteiger partial charge in [-0.05, 0) is 19.4 Å². The zero-order valence-electron chi connectivity index (χ0n) is 14.1. The molecule has 2 amide bonds. The highest BCUT2D eigenvalue weighted by Crippen LogP contribution is 2.38. The number of aliphatic carboxylic acids is 1. The van der Waals surface area contributed by atoms with Crippen molar-refractivity contribution in [1.82, 2.24) is 4.90 Å². The number of aryl methyl sites for hydroxylation is 1. The summed E-state index contributed by atoms with van der Waals surface area (Å²) in [5, 5.41) is 11.6. The first-order valence-electron chi connectivity index (χ1n) is 7.51. The number of thiophene rings is 1. The van der Waals surface area contributed by atoms with Gasteiger partial charge in [0.2, 0.25) is 0 Å². The summed E-state index contributed by atoms with van der Waals surface area (Å²) >= 11 is 1.09. The lowest BCUT2D eigenvalue weighted by Gasteiger charge is -2.18. The number of carbonyl (C=O) groups excluding carboxylic acids is 2. The first-order valence-corrected chi connectivity index (χ1v) is 8.32. The number of nitrogens with one attached hydrogen (secondary N) is 1. The minimum atomic E-state index is -4.73. The zero-order valence-corrected chi connectivity index (χ0v) is 15.0. The number of carbonyl (C=O) groups is 3. The summed E-state index contributed by atoms with van der Waals surface area (Å²) in [4.78, 5) is 36.9. The minimum Gasteiger partial charge on any atom is -0.481 e. The maximum atomic E-state index is 13.0. The first kappa shape index (κ1) is 20.0. The standard InChI is InChI=1S/C15H17F3N2O5S/c1-6-7(2)26-11(10(6)13(23)25-3)19-14(24)20-4-8(12(21)22)9(5-20)15(16,17)18/h8-9H,4-5H2,1-3H3,(H,19,24)(H,21,22)/t8-,9-/m1/s1. The second kappa shape index (κ2) is 7.14. The molecule has 0 bridgehead atoms. The highest BCUT2D eigenvalue weighted by atomic mass is 32.1. The molecule has 1 saturated heterocycles. The number of amides is 2. The van der Waals surface area contributed by atoms with Crippen LogP contribution in [0, 0.1) is 25.7 Å². The van der Waals surface area contributed by atoms with E-state index in [4.69, 9.17) is 5.11 Å². The summed E-state index contributed by atoms with van der Waals surface area (Å²) in [5.74, 6) is -6.16. The molecule has 1 fully saturated rings. The van der Waals surface area contributed by atoms with Crippen LogP contribution in [0.3, 0.4) is 0 Å². The number of methoxy groups -OCH3 is 1. The molecule has 1 aromatic heterocycles. The van der Waals surface area contributed by atoms with E-state index in [1.165, 1.54) is 7.11 Å². The highest BCUT2D eigenvalue weighted by molar-refractivity contribution is 7.16. The lowest BCUT2D eigenvalue weighted by Crippen LogP contribution is -2.35. The molecule has 2 atom stereocenters. The Labute approximate surface area is 150 Å². The Balaban J connectivity index is 2.23. The number of carboxylic acids is 1. The van der Waals surface area contributed by atoms with Gasteiger partial charge in [-0.15, -0.1) is 11.3 Å². The molecule has 0 radical (unpaired) electrons. The van der Waals surface area contributed by atoms with Gasteiger partial charge in [-0.2, -0.15) is 13.2 Å². The Morgan fingerprint density at radius 2 is 1.88 bits per heavy atom. The SMILES string of the molecule is COC(=O)c1c(NC(=O)N2C[C@@H](C(F)(F)F)[C@H](C(=O)O)C2)sc(C)c1C. The third-order valence-corrected chi connectivity index (χ3v) is 5.46. The summed E-state index contributed by atoms with van der Waals surface area (Å²) in [7, 11) is 1.17. The van der Waals surface area contributed by atoms with Crippen molar-refractivity contribution in [2.24, 2.45) is 11.8 Å². The number of hydrogen-bond donors (Lipinski definition) is 2. The van der Waals surface area contributed by atoms with Crippen LogP contribution in [0.2, 0.25) is 0 Å². The van der Waals surface area contributed by atoms with Gasteiger partial charge >= 0.3 is 24.1 Å². The van der Waals surface area contributed by atoms with Gasteiger partial charge < -0.3 is 14.7 Å². The second-order valence-corrected chi connectivity index (χ2v) is 7.13. The molecule has 11 heteroatoms. The van der Waals surface area contributed by atoms with Crippen molar-refractivity contribution in [2.75, 3.05) is 25.5 Å². The molecule has 0 unspecified atom stereocenters. The van der Waals surface area contributed by atoms with Crippen LogP contribution in [0.1, 0.15) is 20.8 Å². The molecule has 0 aromatic carbocycles. The predicted molar refractivity (Wildman–Crippen MR) is 86.4 cm³/mol. The lowest BCUT2D eigenvalue weighted by atomic mass is 9.96. The van der Waals surface area contributed by atoms with E-state index in [1.807, 2.05) is 0 Å². The summed E-state index contributed by atoms with van der Waals surface area (Å²) in [6, 6.07) is -0.894. The van der Waals surface area contributed by atoms with Gasteiger partial charge in [0.15, 0.2) is 0 Å². The van der Waals surface area contributed by atoms with Crippen LogP contribution in [0.4, 0.5) is 23.0 Å². The van der Waals surface area contributed by atoms with Gasteiger partial charge in [-0.1, -0.05) is 0 Å². The molecule has 0 saturated carbocycles. The molecule has 2 rings (SSSR count). The molecule has 7 nitrogen and oxygen atoms in total. The molecular formula is C15H17F3N2O5S. The highest BCUT2D eigenvalue weighted by Gasteiger charge is 2.53. The Kier molecular flexibility index (Phi) is 5.49. The number of nitrogens with zero attached hydrogens (tertiary/aromatic N) is 1. The number of esters is 1. The van der Waals surface area contributed by atoms with E-state index in [-0.39, 0.29) is 10.6 Å². The first-order chi connectivity index (χ1) is 12.0. The number of hydrogen-bond acceptors (Lipinski definition) is 5. The molecule has 1 aromatic rings. The maximum Gasteiger partial charge on any atom is 0.394 e. The molecule has 0 spiro atoms. The number of halogens is 3. The topological polar surface area (TPSA) is 95.9 Å². The summed E-state index contributed by atoms with van der Waals surface area (Å²) in [6.07, 6.45) is -4.73. The smallest absolute Gasteiger partial charge is 0.394 e. The Morgan fingerprint density at radius 3 is 2.35 bits per heavy atom. The van der Waals surface area contributed by atoms with Crippen LogP contribution in [-0.2, 0) is 9.53 Å². The van der Waals surface area contributed by atoms with E-state index in [2.05, 4.69) is 10.1 Å². The number of urea groups is 1. The number of anilines is 1. The summed E-state index contributed by atoms with van der Waals surface area (Å²) < 4.78 is 43.7. The Morgan fingerprint density at radius 1 is 1.27 bits per heavy atom. The van der Waals surface area contributed by atoms with E-state index in [1.54, 1.807) is 13.8 Å². The second-order valence-electron chi connectivity index (χ2n) is 5.91. The molecule has 26 heavy (non-hydrogen) atoms. The number of ether oxygens (including phenoxy) is 1. The third-order valence-electron chi connectivity index (χ3n) is 4.34. The normalized spacial score (nSPS) is 20.2. The fourth-order valence-electron chi connectivity index (χ4n) is 2.79. The van der Waals surface area contributed by atoms with E-state index in [0.717, 1.165) is 21.1 Å². The van der Waals surface area contributed by atoms with E-state index in [9.17, 15) is 27.6 Å². The average Bonchev–Trinajstić information content (AvgIpc) is 3.09. The maximum absolute atomic E-state index is 13.0. The average molecular weight is 394 g/mol. The minimum absolute atomic E-state index is 0.129. The van der Waals surface area contributed by atoms with Crippen molar-refractivity contribution in [2.45, 2.75) is 20.0 Å². The fourth-order valence-corrected chi connectivity index (χ4v) is 3.83. The van der Waals surface area contributed by atoms with Crippen molar-refractivity contribution in [1.29, 1.82) is 0 Å². The van der Waals surface area contributed by atoms with E-state index >= 15 is 0 Å². The third kappa shape index (κ3) is 3.76. The van der Waals surface area contributed by atoms with Gasteiger partial charge in [0.1, 0.15) is 5.00 Å². The molecule has 2 heterocycles. The molecule has 1 aliphatic rings. The molecule has 1 aliphatic heterocycles. The van der Waals surface area contributed by atoms with E-state index < -0.39 is 49.1 Å². The Bertz CT molecular complexity index is 746. The molecule has 0 aliphatic carbocycles. The lowest BCUT2D eigenvalue weighted by molar-refractivity contribution is -0.187. The predicted octanol–water partition coefficient (Wildman–Crippen LogP) is 2.88. The van der Waals surface area contributed by atoms with Crippen LogP contribution in [0.15, 0.2) is 0 Å². The number of alkyl halides is 3. The number of likely N-dealkylation sites (tertiary alicyclic amines) is 1. The molecule has 144 valence electrons. The Hall–Kier alpha value is -2.30. The van der Waals surface area contributed by atoms with Crippen LogP contribution < -0.4 is 5.32 Å². The monoisotopic (exact) mass is 394 g/mol. The quantitative estimate of drug-likeness (QED) is 0.769.